The third-order valence-electron chi connectivity index (χ3n) is 3.30. The first-order valence-electron chi connectivity index (χ1n) is 5.98. The predicted octanol–water partition coefficient (Wildman–Crippen LogP) is 1.13. The van der Waals surface area contributed by atoms with Gasteiger partial charge in [-0.1, -0.05) is 17.7 Å². The zero-order valence-electron chi connectivity index (χ0n) is 10.8. The van der Waals surface area contributed by atoms with Crippen LogP contribution in [0, 0.1) is 5.82 Å². The van der Waals surface area contributed by atoms with Gasteiger partial charge in [0.25, 0.3) is 0 Å². The van der Waals surface area contributed by atoms with Crippen LogP contribution in [0.4, 0.5) is 4.39 Å². The number of carbonyl (C=O) groups excluding carboxylic acids is 1. The monoisotopic (exact) mass is 320 g/mol. The van der Waals surface area contributed by atoms with Crippen molar-refractivity contribution in [1.82, 2.24) is 9.62 Å². The lowest BCUT2D eigenvalue weighted by molar-refractivity contribution is -0.124. The van der Waals surface area contributed by atoms with Gasteiger partial charge in [0.1, 0.15) is 11.9 Å². The van der Waals surface area contributed by atoms with Crippen molar-refractivity contribution in [3.8, 4) is 0 Å². The average molecular weight is 321 g/mol. The van der Waals surface area contributed by atoms with Crippen LogP contribution in [-0.2, 0) is 21.4 Å². The Balaban J connectivity index is 1.99. The van der Waals surface area contributed by atoms with E-state index in [9.17, 15) is 17.6 Å². The second kappa shape index (κ2) is 5.67. The molecular weight excluding hydrogens is 307 g/mol. The molecule has 0 spiro atoms. The van der Waals surface area contributed by atoms with Crippen molar-refractivity contribution in [2.75, 3.05) is 12.8 Å². The molecule has 0 aromatic heterocycles. The van der Waals surface area contributed by atoms with E-state index in [1.807, 2.05) is 0 Å². The van der Waals surface area contributed by atoms with Crippen LogP contribution in [0.5, 0.6) is 0 Å². The van der Waals surface area contributed by atoms with E-state index in [0.29, 0.717) is 5.56 Å². The minimum Gasteiger partial charge on any atom is -0.351 e. The van der Waals surface area contributed by atoms with Crippen molar-refractivity contribution in [3.63, 3.8) is 0 Å². The first-order chi connectivity index (χ1) is 9.31. The zero-order chi connectivity index (χ0) is 14.9. The molecule has 20 heavy (non-hydrogen) atoms. The highest BCUT2D eigenvalue weighted by Gasteiger charge is 2.38. The molecule has 1 heterocycles. The standard InChI is InChI=1S/C12H14ClFN2O3S/c1-16-11(4-5-20(16,18)19)12(17)15-7-8-2-3-9(14)6-10(8)13/h2-3,6,11H,4-5,7H2,1H3,(H,15,17)/t11-/m0/s1. The number of hydrogen-bond acceptors (Lipinski definition) is 3. The molecule has 110 valence electrons. The maximum atomic E-state index is 12.9. The molecule has 0 radical (unpaired) electrons. The number of benzene rings is 1. The van der Waals surface area contributed by atoms with Crippen molar-refractivity contribution in [2.45, 2.75) is 19.0 Å². The molecule has 0 unspecified atom stereocenters. The number of nitrogens with zero attached hydrogens (tertiary/aromatic N) is 1. The maximum Gasteiger partial charge on any atom is 0.238 e. The Hall–Kier alpha value is -1.18. The first-order valence-corrected chi connectivity index (χ1v) is 7.97. The number of carbonyl (C=O) groups is 1. The Bertz CT molecular complexity index is 636. The summed E-state index contributed by atoms with van der Waals surface area (Å²) in [6.45, 7) is 0.127. The highest BCUT2D eigenvalue weighted by Crippen LogP contribution is 2.20. The topological polar surface area (TPSA) is 66.5 Å². The normalized spacial score (nSPS) is 21.9. The molecule has 8 heteroatoms. The quantitative estimate of drug-likeness (QED) is 0.908. The molecule has 1 aliphatic heterocycles. The Morgan fingerprint density at radius 2 is 2.25 bits per heavy atom. The highest BCUT2D eigenvalue weighted by atomic mass is 35.5. The summed E-state index contributed by atoms with van der Waals surface area (Å²) in [5.74, 6) is -0.862. The van der Waals surface area contributed by atoms with Crippen LogP contribution in [0.2, 0.25) is 5.02 Å². The first kappa shape index (κ1) is 15.2. The van der Waals surface area contributed by atoms with Gasteiger partial charge in [-0.15, -0.1) is 0 Å². The number of hydrogen-bond donors (Lipinski definition) is 1. The summed E-state index contributed by atoms with van der Waals surface area (Å²) in [5, 5.41) is 2.84. The van der Waals surface area contributed by atoms with E-state index in [4.69, 9.17) is 11.6 Å². The minimum absolute atomic E-state index is 0.0289. The van der Waals surface area contributed by atoms with Crippen molar-refractivity contribution >= 4 is 27.5 Å². The van der Waals surface area contributed by atoms with Crippen molar-refractivity contribution in [1.29, 1.82) is 0 Å². The van der Waals surface area contributed by atoms with E-state index in [2.05, 4.69) is 5.32 Å². The van der Waals surface area contributed by atoms with E-state index in [1.54, 1.807) is 0 Å². The van der Waals surface area contributed by atoms with Crippen molar-refractivity contribution in [2.24, 2.45) is 0 Å². The Morgan fingerprint density at radius 1 is 1.55 bits per heavy atom. The van der Waals surface area contributed by atoms with Gasteiger partial charge in [-0.05, 0) is 24.1 Å². The average Bonchev–Trinajstić information content (AvgIpc) is 2.63. The van der Waals surface area contributed by atoms with Crippen LogP contribution in [0.1, 0.15) is 12.0 Å². The summed E-state index contributed by atoms with van der Waals surface area (Å²) in [6.07, 6.45) is 0.266. The molecule has 0 bridgehead atoms. The summed E-state index contributed by atoms with van der Waals surface area (Å²) in [6, 6.07) is 3.20. The van der Waals surface area contributed by atoms with Gasteiger partial charge in [-0.3, -0.25) is 4.79 Å². The third kappa shape index (κ3) is 3.11. The lowest BCUT2D eigenvalue weighted by Crippen LogP contribution is -2.42. The van der Waals surface area contributed by atoms with Gasteiger partial charge in [0, 0.05) is 18.6 Å². The Morgan fingerprint density at radius 3 is 2.80 bits per heavy atom. The van der Waals surface area contributed by atoms with E-state index in [0.717, 1.165) is 10.4 Å². The molecule has 1 N–H and O–H groups in total. The number of nitrogens with one attached hydrogen (secondary N) is 1. The highest BCUT2D eigenvalue weighted by molar-refractivity contribution is 7.89. The van der Waals surface area contributed by atoms with Gasteiger partial charge < -0.3 is 5.32 Å². The summed E-state index contributed by atoms with van der Waals surface area (Å²) in [4.78, 5) is 12.0. The molecule has 1 amide bonds. The van der Waals surface area contributed by atoms with Crippen molar-refractivity contribution < 1.29 is 17.6 Å². The van der Waals surface area contributed by atoms with E-state index < -0.39 is 21.9 Å². The largest absolute Gasteiger partial charge is 0.351 e. The lowest BCUT2D eigenvalue weighted by Gasteiger charge is -2.17. The van der Waals surface area contributed by atoms with Gasteiger partial charge in [0.2, 0.25) is 15.9 Å². The van der Waals surface area contributed by atoms with Gasteiger partial charge >= 0.3 is 0 Å². The third-order valence-corrected chi connectivity index (χ3v) is 5.53. The second-order valence-electron chi connectivity index (χ2n) is 4.59. The molecule has 1 saturated heterocycles. The molecule has 5 nitrogen and oxygen atoms in total. The molecule has 1 aromatic carbocycles. The van der Waals surface area contributed by atoms with Crippen LogP contribution in [0.3, 0.4) is 0 Å². The van der Waals surface area contributed by atoms with Crippen LogP contribution in [0.25, 0.3) is 0 Å². The lowest BCUT2D eigenvalue weighted by atomic mass is 10.2. The fraction of sp³-hybridized carbons (Fsp3) is 0.417. The summed E-state index contributed by atoms with van der Waals surface area (Å²) in [5.41, 5.74) is 0.574. The Labute approximate surface area is 121 Å². The fourth-order valence-electron chi connectivity index (χ4n) is 2.04. The molecule has 2 rings (SSSR count). The van der Waals surface area contributed by atoms with Crippen molar-refractivity contribution in [3.05, 3.63) is 34.6 Å². The second-order valence-corrected chi connectivity index (χ2v) is 7.15. The van der Waals surface area contributed by atoms with Gasteiger partial charge in [-0.25, -0.2) is 12.8 Å². The fourth-order valence-corrected chi connectivity index (χ4v) is 3.67. The molecule has 0 saturated carbocycles. The molecule has 1 atom stereocenters. The SMILES string of the molecule is CN1[C@H](C(=O)NCc2ccc(F)cc2Cl)CCS1(=O)=O. The summed E-state index contributed by atoms with van der Waals surface area (Å²) in [7, 11) is -1.93. The van der Waals surface area contributed by atoms with E-state index in [-0.39, 0.29) is 29.6 Å². The molecule has 1 aromatic rings. The van der Waals surface area contributed by atoms with E-state index >= 15 is 0 Å². The molecular formula is C12H14ClFN2O3S. The van der Waals surface area contributed by atoms with Crippen LogP contribution in [-0.4, -0.2) is 37.5 Å². The Kier molecular flexibility index (Phi) is 4.31. The summed E-state index contributed by atoms with van der Waals surface area (Å²) >= 11 is 5.85. The predicted molar refractivity (Wildman–Crippen MR) is 73.2 cm³/mol. The molecule has 1 fully saturated rings. The number of halogens is 2. The minimum atomic E-state index is -3.32. The number of sulfonamides is 1. The summed E-state index contributed by atoms with van der Waals surface area (Å²) < 4.78 is 37.0. The smallest absolute Gasteiger partial charge is 0.238 e. The van der Waals surface area contributed by atoms with Gasteiger partial charge in [0.15, 0.2) is 0 Å². The van der Waals surface area contributed by atoms with Crippen LogP contribution < -0.4 is 5.32 Å². The number of rotatable bonds is 3. The van der Waals surface area contributed by atoms with Gasteiger partial charge in [0.05, 0.1) is 5.75 Å². The number of likely N-dealkylation sites (N-methyl/N-ethyl adjacent to an activating group) is 1. The zero-order valence-corrected chi connectivity index (χ0v) is 12.3. The van der Waals surface area contributed by atoms with E-state index in [1.165, 1.54) is 19.2 Å². The van der Waals surface area contributed by atoms with Crippen LogP contribution in [0.15, 0.2) is 18.2 Å². The molecule has 0 aliphatic carbocycles. The van der Waals surface area contributed by atoms with Gasteiger partial charge in [-0.2, -0.15) is 4.31 Å². The number of amides is 1. The molecule has 1 aliphatic rings. The van der Waals surface area contributed by atoms with Crippen LogP contribution >= 0.6 is 11.6 Å². The maximum absolute atomic E-state index is 12.9.